The Morgan fingerprint density at radius 1 is 1.31 bits per heavy atom. The van der Waals surface area contributed by atoms with Gasteiger partial charge in [0.05, 0.1) is 6.61 Å². The fourth-order valence-corrected chi connectivity index (χ4v) is 0.784. The van der Waals surface area contributed by atoms with Crippen LogP contribution < -0.4 is 4.74 Å². The van der Waals surface area contributed by atoms with Crippen LogP contribution in [0.3, 0.4) is 0 Å². The maximum absolute atomic E-state index is 5.32. The molecule has 0 radical (unpaired) electrons. The highest BCUT2D eigenvalue weighted by atomic mass is 16.5. The minimum atomic E-state index is 0.333. The third-order valence-corrected chi connectivity index (χ3v) is 1.33. The fraction of sp³-hybridized carbons (Fsp3) is 0.300. The van der Waals surface area contributed by atoms with Crippen molar-refractivity contribution in [2.24, 2.45) is 0 Å². The largest absolute Gasteiger partial charge is 0.491 e. The van der Waals surface area contributed by atoms with Gasteiger partial charge in [-0.2, -0.15) is 0 Å². The zero-order valence-electron chi connectivity index (χ0n) is 7.27. The smallest absolute Gasteiger partial charge is 0.122 e. The highest BCUT2D eigenvalue weighted by Crippen LogP contribution is 2.05. The van der Waals surface area contributed by atoms with Gasteiger partial charge in [-0.1, -0.05) is 5.92 Å². The molecule has 68 valence electrons. The van der Waals surface area contributed by atoms with Crippen molar-refractivity contribution >= 4 is 0 Å². The molecule has 3 heteroatoms. The highest BCUT2D eigenvalue weighted by Gasteiger charge is 1.90. The van der Waals surface area contributed by atoms with Gasteiger partial charge < -0.3 is 9.47 Å². The van der Waals surface area contributed by atoms with Crippen molar-refractivity contribution in [1.29, 1.82) is 0 Å². The third-order valence-electron chi connectivity index (χ3n) is 1.33. The second kappa shape index (κ2) is 6.04. The molecule has 1 rings (SSSR count). The van der Waals surface area contributed by atoms with Crippen molar-refractivity contribution in [2.75, 3.05) is 19.8 Å². The average Bonchev–Trinajstić information content (AvgIpc) is 2.19. The van der Waals surface area contributed by atoms with Crippen LogP contribution in [0.25, 0.3) is 0 Å². The summed E-state index contributed by atoms with van der Waals surface area (Å²) in [4.78, 5) is 3.87. The van der Waals surface area contributed by atoms with Crippen molar-refractivity contribution in [1.82, 2.24) is 4.98 Å². The van der Waals surface area contributed by atoms with Crippen LogP contribution in [-0.2, 0) is 4.74 Å². The maximum Gasteiger partial charge on any atom is 0.122 e. The Bertz CT molecular complexity index is 266. The van der Waals surface area contributed by atoms with Crippen LogP contribution in [0.2, 0.25) is 0 Å². The van der Waals surface area contributed by atoms with E-state index in [2.05, 4.69) is 10.9 Å². The number of nitrogens with zero attached hydrogens (tertiary/aromatic N) is 1. The van der Waals surface area contributed by atoms with Gasteiger partial charge in [0.25, 0.3) is 0 Å². The lowest BCUT2D eigenvalue weighted by atomic mass is 10.4. The van der Waals surface area contributed by atoms with Crippen LogP contribution in [0.15, 0.2) is 24.5 Å². The lowest BCUT2D eigenvalue weighted by molar-refractivity contribution is 0.124. The monoisotopic (exact) mass is 177 g/mol. The summed E-state index contributed by atoms with van der Waals surface area (Å²) in [6, 6.07) is 3.59. The van der Waals surface area contributed by atoms with Gasteiger partial charge in [0, 0.05) is 12.4 Å². The molecule has 3 nitrogen and oxygen atoms in total. The van der Waals surface area contributed by atoms with E-state index in [4.69, 9.17) is 15.9 Å². The Balaban J connectivity index is 2.11. The number of hydrogen-bond donors (Lipinski definition) is 0. The first kappa shape index (κ1) is 9.56. The molecule has 0 spiro atoms. The standard InChI is InChI=1S/C10H11NO2/c1-2-7-12-8-9-13-10-3-5-11-6-4-10/h1,3-6H,7-9H2. The summed E-state index contributed by atoms with van der Waals surface area (Å²) in [5, 5.41) is 0. The first-order valence-corrected chi connectivity index (χ1v) is 3.97. The van der Waals surface area contributed by atoms with Gasteiger partial charge in [0.1, 0.15) is 19.0 Å². The van der Waals surface area contributed by atoms with E-state index in [1.165, 1.54) is 0 Å². The number of ether oxygens (including phenoxy) is 2. The normalized spacial score (nSPS) is 9.15. The summed E-state index contributed by atoms with van der Waals surface area (Å²) in [5.74, 6) is 3.17. The van der Waals surface area contributed by atoms with Crippen molar-refractivity contribution in [3.63, 3.8) is 0 Å². The van der Waals surface area contributed by atoms with Crippen molar-refractivity contribution in [2.45, 2.75) is 0 Å². The predicted molar refractivity (Wildman–Crippen MR) is 49.4 cm³/mol. The zero-order valence-corrected chi connectivity index (χ0v) is 7.27. The van der Waals surface area contributed by atoms with Gasteiger partial charge in [0.2, 0.25) is 0 Å². The van der Waals surface area contributed by atoms with Gasteiger partial charge in [0.15, 0.2) is 0 Å². The van der Waals surface area contributed by atoms with Crippen LogP contribution in [0, 0.1) is 12.3 Å². The molecule has 0 aliphatic rings. The van der Waals surface area contributed by atoms with E-state index in [1.54, 1.807) is 24.5 Å². The molecule has 0 aliphatic heterocycles. The summed E-state index contributed by atoms with van der Waals surface area (Å²) < 4.78 is 10.3. The Kier molecular flexibility index (Phi) is 4.44. The van der Waals surface area contributed by atoms with Gasteiger partial charge in [-0.05, 0) is 12.1 Å². The lowest BCUT2D eigenvalue weighted by Crippen LogP contribution is -2.06. The summed E-state index contributed by atoms with van der Waals surface area (Å²) in [6.07, 6.45) is 8.35. The number of pyridine rings is 1. The fourth-order valence-electron chi connectivity index (χ4n) is 0.784. The number of rotatable bonds is 5. The molecule has 0 unspecified atom stereocenters. The van der Waals surface area contributed by atoms with E-state index in [1.807, 2.05) is 0 Å². The van der Waals surface area contributed by atoms with Crippen LogP contribution in [0.4, 0.5) is 0 Å². The first-order valence-electron chi connectivity index (χ1n) is 3.97. The molecule has 13 heavy (non-hydrogen) atoms. The summed E-state index contributed by atoms with van der Waals surface area (Å²) >= 11 is 0. The molecule has 0 aromatic carbocycles. The van der Waals surface area contributed by atoms with E-state index >= 15 is 0 Å². The van der Waals surface area contributed by atoms with E-state index in [-0.39, 0.29) is 0 Å². The van der Waals surface area contributed by atoms with Gasteiger partial charge in [-0.3, -0.25) is 4.98 Å². The number of hydrogen-bond acceptors (Lipinski definition) is 3. The lowest BCUT2D eigenvalue weighted by Gasteiger charge is -2.04. The molecule has 0 atom stereocenters. The molecule has 0 amide bonds. The zero-order chi connectivity index (χ0) is 9.36. The predicted octanol–water partition coefficient (Wildman–Crippen LogP) is 1.11. The molecule has 1 heterocycles. The Labute approximate surface area is 77.7 Å². The van der Waals surface area contributed by atoms with Gasteiger partial charge in [-0.15, -0.1) is 6.42 Å². The molecule has 0 saturated heterocycles. The molecule has 0 bridgehead atoms. The van der Waals surface area contributed by atoms with Crippen LogP contribution in [-0.4, -0.2) is 24.8 Å². The van der Waals surface area contributed by atoms with Crippen molar-refractivity contribution in [3.05, 3.63) is 24.5 Å². The average molecular weight is 177 g/mol. The Hall–Kier alpha value is -1.53. The topological polar surface area (TPSA) is 31.4 Å². The molecular formula is C10H11NO2. The molecule has 1 aromatic rings. The Morgan fingerprint density at radius 2 is 2.08 bits per heavy atom. The number of aromatic nitrogens is 1. The van der Waals surface area contributed by atoms with Crippen LogP contribution >= 0.6 is 0 Å². The van der Waals surface area contributed by atoms with Crippen LogP contribution in [0.1, 0.15) is 0 Å². The summed E-state index contributed by atoms with van der Waals surface area (Å²) in [5.41, 5.74) is 0. The van der Waals surface area contributed by atoms with E-state index in [9.17, 15) is 0 Å². The van der Waals surface area contributed by atoms with Crippen LogP contribution in [0.5, 0.6) is 5.75 Å². The SMILES string of the molecule is C#CCOCCOc1ccncc1. The maximum atomic E-state index is 5.32. The molecule has 1 aromatic heterocycles. The summed E-state index contributed by atoms with van der Waals surface area (Å²) in [6.45, 7) is 1.35. The molecule has 0 aliphatic carbocycles. The number of terminal acetylenes is 1. The molecule has 0 fully saturated rings. The molecular weight excluding hydrogens is 166 g/mol. The summed E-state index contributed by atoms with van der Waals surface area (Å²) in [7, 11) is 0. The quantitative estimate of drug-likeness (QED) is 0.498. The third kappa shape index (κ3) is 4.14. The van der Waals surface area contributed by atoms with Gasteiger partial charge in [-0.25, -0.2) is 0 Å². The molecule has 0 saturated carbocycles. The minimum Gasteiger partial charge on any atom is -0.491 e. The second-order valence-corrected chi connectivity index (χ2v) is 2.29. The van der Waals surface area contributed by atoms with E-state index in [0.29, 0.717) is 19.8 Å². The first-order chi connectivity index (χ1) is 6.43. The minimum absolute atomic E-state index is 0.333. The van der Waals surface area contributed by atoms with E-state index in [0.717, 1.165) is 5.75 Å². The van der Waals surface area contributed by atoms with Gasteiger partial charge >= 0.3 is 0 Å². The van der Waals surface area contributed by atoms with Crippen molar-refractivity contribution in [3.8, 4) is 18.1 Å². The highest BCUT2D eigenvalue weighted by molar-refractivity contribution is 5.16. The Morgan fingerprint density at radius 3 is 2.77 bits per heavy atom. The molecule has 0 N–H and O–H groups in total. The van der Waals surface area contributed by atoms with E-state index < -0.39 is 0 Å². The van der Waals surface area contributed by atoms with Crippen molar-refractivity contribution < 1.29 is 9.47 Å². The second-order valence-electron chi connectivity index (χ2n) is 2.29.